The highest BCUT2D eigenvalue weighted by molar-refractivity contribution is 5.90. The first kappa shape index (κ1) is 13.8. The number of nitrogens with zero attached hydrogens (tertiary/aromatic N) is 3. The zero-order valence-corrected chi connectivity index (χ0v) is 11.4. The van der Waals surface area contributed by atoms with Gasteiger partial charge in [0.25, 0.3) is 5.56 Å². The molecule has 2 rings (SSSR count). The summed E-state index contributed by atoms with van der Waals surface area (Å²) in [6, 6.07) is 10.3. The van der Waals surface area contributed by atoms with Gasteiger partial charge in [0.2, 0.25) is 5.91 Å². The molecule has 0 aliphatic carbocycles. The van der Waals surface area contributed by atoms with E-state index in [1.807, 2.05) is 43.3 Å². The number of carbonyl (C=O) groups excluding carboxylic acids is 1. The average molecular weight is 272 g/mol. The number of hydrogen-bond donors (Lipinski definition) is 1. The highest BCUT2D eigenvalue weighted by atomic mass is 16.2. The van der Waals surface area contributed by atoms with Crippen LogP contribution in [0.3, 0.4) is 0 Å². The van der Waals surface area contributed by atoms with E-state index in [0.717, 1.165) is 10.4 Å². The first-order valence-electron chi connectivity index (χ1n) is 6.15. The van der Waals surface area contributed by atoms with Crippen LogP contribution in [0.5, 0.6) is 0 Å². The lowest BCUT2D eigenvalue weighted by molar-refractivity contribution is -0.117. The number of hydrogen-bond acceptors (Lipinski definition) is 4. The molecule has 0 aliphatic rings. The predicted octanol–water partition coefficient (Wildman–Crippen LogP) is 0.948. The summed E-state index contributed by atoms with van der Waals surface area (Å²) in [5.41, 5.74) is 1.43. The van der Waals surface area contributed by atoms with E-state index in [1.54, 1.807) is 0 Å². The molecular formula is C14H16N4O2. The summed E-state index contributed by atoms with van der Waals surface area (Å²) in [7, 11) is 3.89. The third-order valence-corrected chi connectivity index (χ3v) is 2.75. The summed E-state index contributed by atoms with van der Waals surface area (Å²) in [6.07, 6.45) is 1.47. The van der Waals surface area contributed by atoms with E-state index in [0.29, 0.717) is 5.69 Å². The highest BCUT2D eigenvalue weighted by Crippen LogP contribution is 2.15. The Morgan fingerprint density at radius 1 is 1.25 bits per heavy atom. The molecule has 1 amide bonds. The molecule has 0 saturated heterocycles. The third kappa shape index (κ3) is 3.44. The van der Waals surface area contributed by atoms with Gasteiger partial charge in [-0.1, -0.05) is 0 Å². The fourth-order valence-electron chi connectivity index (χ4n) is 1.69. The smallest absolute Gasteiger partial charge is 0.267 e. The molecule has 6 heteroatoms. The first-order valence-corrected chi connectivity index (χ1v) is 6.15. The van der Waals surface area contributed by atoms with Gasteiger partial charge >= 0.3 is 0 Å². The number of nitrogens with one attached hydrogen (secondary N) is 1. The van der Waals surface area contributed by atoms with Gasteiger partial charge in [-0.05, 0) is 30.3 Å². The van der Waals surface area contributed by atoms with Gasteiger partial charge < -0.3 is 10.2 Å². The number of rotatable bonds is 4. The molecule has 104 valence electrons. The Hall–Kier alpha value is -2.63. The van der Waals surface area contributed by atoms with E-state index in [9.17, 15) is 9.59 Å². The monoisotopic (exact) mass is 272 g/mol. The molecule has 0 unspecified atom stereocenters. The van der Waals surface area contributed by atoms with E-state index < -0.39 is 0 Å². The van der Waals surface area contributed by atoms with Crippen molar-refractivity contribution in [2.45, 2.75) is 6.54 Å². The van der Waals surface area contributed by atoms with Crippen molar-refractivity contribution in [3.8, 4) is 0 Å². The van der Waals surface area contributed by atoms with Crippen molar-refractivity contribution >= 4 is 17.3 Å². The number of benzene rings is 1. The van der Waals surface area contributed by atoms with Crippen molar-refractivity contribution < 1.29 is 4.79 Å². The van der Waals surface area contributed by atoms with E-state index in [4.69, 9.17) is 0 Å². The van der Waals surface area contributed by atoms with Gasteiger partial charge in [-0.15, -0.1) is 0 Å². The Labute approximate surface area is 116 Å². The van der Waals surface area contributed by atoms with E-state index in [1.165, 1.54) is 18.3 Å². The highest BCUT2D eigenvalue weighted by Gasteiger charge is 2.05. The van der Waals surface area contributed by atoms with Crippen molar-refractivity contribution in [1.29, 1.82) is 0 Å². The SMILES string of the molecule is CN(C)c1ccc(NC(=O)Cn2ncccc2=O)cc1. The number of anilines is 2. The maximum atomic E-state index is 11.8. The van der Waals surface area contributed by atoms with Gasteiger partial charge in [0.05, 0.1) is 0 Å². The fourth-order valence-corrected chi connectivity index (χ4v) is 1.69. The van der Waals surface area contributed by atoms with Crippen molar-refractivity contribution in [1.82, 2.24) is 9.78 Å². The van der Waals surface area contributed by atoms with Crippen LogP contribution in [0.4, 0.5) is 11.4 Å². The third-order valence-electron chi connectivity index (χ3n) is 2.75. The summed E-state index contributed by atoms with van der Waals surface area (Å²) in [5.74, 6) is -0.289. The lowest BCUT2D eigenvalue weighted by Gasteiger charge is -2.13. The van der Waals surface area contributed by atoms with Crippen molar-refractivity contribution in [2.24, 2.45) is 0 Å². The Morgan fingerprint density at radius 3 is 2.55 bits per heavy atom. The molecular weight excluding hydrogens is 256 g/mol. The molecule has 0 fully saturated rings. The molecule has 0 bridgehead atoms. The average Bonchev–Trinajstić information content (AvgIpc) is 2.42. The Bertz CT molecular complexity index is 647. The van der Waals surface area contributed by atoms with Crippen LogP contribution in [-0.2, 0) is 11.3 Å². The van der Waals surface area contributed by atoms with Crippen LogP contribution < -0.4 is 15.8 Å². The summed E-state index contributed by atoms with van der Waals surface area (Å²) < 4.78 is 1.11. The molecule has 20 heavy (non-hydrogen) atoms. The minimum atomic E-state index is -0.300. The molecule has 1 N–H and O–H groups in total. The zero-order valence-electron chi connectivity index (χ0n) is 11.4. The second-order valence-electron chi connectivity index (χ2n) is 4.51. The molecule has 1 heterocycles. The van der Waals surface area contributed by atoms with Crippen molar-refractivity contribution in [3.63, 3.8) is 0 Å². The second-order valence-corrected chi connectivity index (χ2v) is 4.51. The molecule has 0 atom stereocenters. The largest absolute Gasteiger partial charge is 0.378 e. The summed E-state index contributed by atoms with van der Waals surface area (Å²) in [5, 5.41) is 6.56. The quantitative estimate of drug-likeness (QED) is 0.899. The van der Waals surface area contributed by atoms with Crippen molar-refractivity contribution in [2.75, 3.05) is 24.3 Å². The van der Waals surface area contributed by atoms with E-state index in [-0.39, 0.29) is 18.0 Å². The molecule has 1 aromatic carbocycles. The van der Waals surface area contributed by atoms with Gasteiger partial charge in [0.1, 0.15) is 6.54 Å². The Morgan fingerprint density at radius 2 is 1.95 bits per heavy atom. The Kier molecular flexibility index (Phi) is 4.14. The van der Waals surface area contributed by atoms with Crippen molar-refractivity contribution in [3.05, 3.63) is 52.9 Å². The van der Waals surface area contributed by atoms with Crippen LogP contribution in [-0.4, -0.2) is 29.8 Å². The second kappa shape index (κ2) is 6.01. The molecule has 0 aliphatic heterocycles. The van der Waals surface area contributed by atoms with Crippen LogP contribution in [0.15, 0.2) is 47.4 Å². The van der Waals surface area contributed by atoms with Gasteiger partial charge in [-0.2, -0.15) is 5.10 Å². The van der Waals surface area contributed by atoms with Gasteiger partial charge in [0, 0.05) is 37.7 Å². The topological polar surface area (TPSA) is 67.2 Å². The summed E-state index contributed by atoms with van der Waals surface area (Å²) >= 11 is 0. The van der Waals surface area contributed by atoms with Crippen LogP contribution in [0, 0.1) is 0 Å². The maximum absolute atomic E-state index is 11.8. The lowest BCUT2D eigenvalue weighted by atomic mass is 10.2. The minimum absolute atomic E-state index is 0.102. The van der Waals surface area contributed by atoms with E-state index >= 15 is 0 Å². The van der Waals surface area contributed by atoms with Gasteiger partial charge in [0.15, 0.2) is 0 Å². The molecule has 2 aromatic rings. The zero-order chi connectivity index (χ0) is 14.5. The van der Waals surface area contributed by atoms with Crippen LogP contribution in [0.1, 0.15) is 0 Å². The fraction of sp³-hybridized carbons (Fsp3) is 0.214. The molecule has 0 radical (unpaired) electrons. The first-order chi connectivity index (χ1) is 9.56. The van der Waals surface area contributed by atoms with Crippen LogP contribution >= 0.6 is 0 Å². The Balaban J connectivity index is 2.01. The van der Waals surface area contributed by atoms with Gasteiger partial charge in [-0.25, -0.2) is 4.68 Å². The molecule has 0 saturated carbocycles. The molecule has 6 nitrogen and oxygen atoms in total. The number of aromatic nitrogens is 2. The number of amides is 1. The summed E-state index contributed by atoms with van der Waals surface area (Å²) in [4.78, 5) is 25.2. The molecule has 1 aromatic heterocycles. The maximum Gasteiger partial charge on any atom is 0.267 e. The summed E-state index contributed by atoms with van der Waals surface area (Å²) in [6.45, 7) is -0.102. The minimum Gasteiger partial charge on any atom is -0.378 e. The predicted molar refractivity (Wildman–Crippen MR) is 77.9 cm³/mol. The van der Waals surface area contributed by atoms with Crippen LogP contribution in [0.25, 0.3) is 0 Å². The van der Waals surface area contributed by atoms with Crippen LogP contribution in [0.2, 0.25) is 0 Å². The standard InChI is InChI=1S/C14H16N4O2/c1-17(2)12-7-5-11(6-8-12)16-13(19)10-18-14(20)4-3-9-15-18/h3-9H,10H2,1-2H3,(H,16,19). The normalized spacial score (nSPS) is 10.1. The molecule has 0 spiro atoms. The lowest BCUT2D eigenvalue weighted by Crippen LogP contribution is -2.28. The number of carbonyl (C=O) groups is 1. The van der Waals surface area contributed by atoms with E-state index in [2.05, 4.69) is 10.4 Å². The van der Waals surface area contributed by atoms with Gasteiger partial charge in [-0.3, -0.25) is 9.59 Å².